The van der Waals surface area contributed by atoms with Crippen molar-refractivity contribution in [2.45, 2.75) is 32.7 Å². The van der Waals surface area contributed by atoms with Gasteiger partial charge in [-0.15, -0.1) is 0 Å². The second-order valence-corrected chi connectivity index (χ2v) is 4.58. The van der Waals surface area contributed by atoms with Crippen LogP contribution in [-0.2, 0) is 0 Å². The Labute approximate surface area is 109 Å². The second kappa shape index (κ2) is 7.24. The lowest BCUT2D eigenvalue weighted by Crippen LogP contribution is -2.29. The van der Waals surface area contributed by atoms with Crippen molar-refractivity contribution in [2.24, 2.45) is 11.8 Å². The lowest BCUT2D eigenvalue weighted by atomic mass is 9.94. The van der Waals surface area contributed by atoms with Crippen molar-refractivity contribution in [1.82, 2.24) is 5.43 Å². The number of hydrazine groups is 1. The van der Waals surface area contributed by atoms with Gasteiger partial charge in [-0.05, 0) is 18.4 Å². The van der Waals surface area contributed by atoms with Crippen LogP contribution in [0.4, 0.5) is 0 Å². The highest BCUT2D eigenvalue weighted by atomic mass is 16.5. The van der Waals surface area contributed by atoms with E-state index in [1.807, 2.05) is 18.2 Å². The van der Waals surface area contributed by atoms with Crippen molar-refractivity contribution < 1.29 is 9.47 Å². The van der Waals surface area contributed by atoms with Crippen LogP contribution in [0, 0.1) is 5.92 Å². The van der Waals surface area contributed by atoms with Crippen LogP contribution in [0.1, 0.15) is 38.3 Å². The Morgan fingerprint density at radius 1 is 1.28 bits per heavy atom. The monoisotopic (exact) mass is 252 g/mol. The lowest BCUT2D eigenvalue weighted by Gasteiger charge is -2.22. The number of hydrogen-bond donors (Lipinski definition) is 2. The fourth-order valence-electron chi connectivity index (χ4n) is 1.96. The van der Waals surface area contributed by atoms with Gasteiger partial charge < -0.3 is 9.47 Å². The average molecular weight is 252 g/mol. The van der Waals surface area contributed by atoms with Crippen LogP contribution in [0.25, 0.3) is 0 Å². The normalized spacial score (nSPS) is 14.1. The van der Waals surface area contributed by atoms with Crippen molar-refractivity contribution in [1.29, 1.82) is 0 Å². The van der Waals surface area contributed by atoms with Crippen molar-refractivity contribution in [2.75, 3.05) is 14.2 Å². The summed E-state index contributed by atoms with van der Waals surface area (Å²) in [4.78, 5) is 0. The molecule has 0 heterocycles. The van der Waals surface area contributed by atoms with E-state index in [0.717, 1.165) is 29.9 Å². The van der Waals surface area contributed by atoms with Gasteiger partial charge in [0, 0.05) is 17.7 Å². The van der Waals surface area contributed by atoms with Crippen LogP contribution in [0.2, 0.25) is 0 Å². The highest BCUT2D eigenvalue weighted by Gasteiger charge is 2.17. The summed E-state index contributed by atoms with van der Waals surface area (Å²) in [6.45, 7) is 4.41. The van der Waals surface area contributed by atoms with E-state index in [0.29, 0.717) is 5.92 Å². The third-order valence-electron chi connectivity index (χ3n) is 3.35. The van der Waals surface area contributed by atoms with E-state index < -0.39 is 0 Å². The predicted octanol–water partition coefficient (Wildman–Crippen LogP) is 2.64. The van der Waals surface area contributed by atoms with Gasteiger partial charge in [-0.3, -0.25) is 11.3 Å². The maximum atomic E-state index is 5.67. The molecular weight excluding hydrogens is 228 g/mol. The van der Waals surface area contributed by atoms with Gasteiger partial charge in [0.2, 0.25) is 0 Å². The third-order valence-corrected chi connectivity index (χ3v) is 3.35. The fraction of sp³-hybridized carbons (Fsp3) is 0.571. The number of nitrogens with two attached hydrogens (primary N) is 1. The summed E-state index contributed by atoms with van der Waals surface area (Å²) in [5.41, 5.74) is 3.95. The molecule has 4 heteroatoms. The number of hydrogen-bond acceptors (Lipinski definition) is 4. The zero-order valence-electron chi connectivity index (χ0n) is 11.7. The van der Waals surface area contributed by atoms with Crippen LogP contribution in [0.3, 0.4) is 0 Å². The number of benzene rings is 1. The van der Waals surface area contributed by atoms with E-state index >= 15 is 0 Å². The van der Waals surface area contributed by atoms with Crippen molar-refractivity contribution in [3.8, 4) is 11.5 Å². The van der Waals surface area contributed by atoms with Gasteiger partial charge in [-0.1, -0.05) is 26.3 Å². The lowest BCUT2D eigenvalue weighted by molar-refractivity contribution is 0.366. The third kappa shape index (κ3) is 3.62. The van der Waals surface area contributed by atoms with E-state index in [9.17, 15) is 0 Å². The van der Waals surface area contributed by atoms with Gasteiger partial charge in [-0.2, -0.15) is 0 Å². The molecule has 0 radical (unpaired) electrons. The van der Waals surface area contributed by atoms with Crippen LogP contribution in [0.15, 0.2) is 18.2 Å². The first-order chi connectivity index (χ1) is 8.65. The minimum atomic E-state index is 0.0980. The summed E-state index contributed by atoms with van der Waals surface area (Å²) in [6, 6.07) is 5.92. The Hall–Kier alpha value is -1.26. The quantitative estimate of drug-likeness (QED) is 0.578. The van der Waals surface area contributed by atoms with Gasteiger partial charge in [0.15, 0.2) is 0 Å². The van der Waals surface area contributed by atoms with Gasteiger partial charge >= 0.3 is 0 Å². The smallest absolute Gasteiger partial charge is 0.127 e. The minimum Gasteiger partial charge on any atom is -0.497 e. The SMILES string of the molecule is CCC(C)CC(NN)c1ccc(OC)cc1OC. The first-order valence-corrected chi connectivity index (χ1v) is 6.34. The van der Waals surface area contributed by atoms with E-state index in [-0.39, 0.29) is 6.04 Å². The van der Waals surface area contributed by atoms with Crippen molar-refractivity contribution in [3.05, 3.63) is 23.8 Å². The summed E-state index contributed by atoms with van der Waals surface area (Å²) < 4.78 is 10.6. The van der Waals surface area contributed by atoms with Gasteiger partial charge in [0.05, 0.1) is 14.2 Å². The van der Waals surface area contributed by atoms with E-state index in [4.69, 9.17) is 15.3 Å². The van der Waals surface area contributed by atoms with Crippen molar-refractivity contribution in [3.63, 3.8) is 0 Å². The Bertz CT molecular complexity index is 369. The van der Waals surface area contributed by atoms with Gasteiger partial charge in [0.25, 0.3) is 0 Å². The molecule has 4 nitrogen and oxygen atoms in total. The fourth-order valence-corrected chi connectivity index (χ4v) is 1.96. The second-order valence-electron chi connectivity index (χ2n) is 4.58. The maximum absolute atomic E-state index is 5.67. The Morgan fingerprint density at radius 3 is 2.50 bits per heavy atom. The minimum absolute atomic E-state index is 0.0980. The molecule has 0 aliphatic rings. The first-order valence-electron chi connectivity index (χ1n) is 6.34. The first kappa shape index (κ1) is 14.8. The van der Waals surface area contributed by atoms with Crippen LogP contribution in [0.5, 0.6) is 11.5 Å². The average Bonchev–Trinajstić information content (AvgIpc) is 2.43. The molecule has 102 valence electrons. The van der Waals surface area contributed by atoms with E-state index in [1.165, 1.54) is 0 Å². The standard InChI is InChI=1S/C14H24N2O2/c1-5-10(2)8-13(16-15)12-7-6-11(17-3)9-14(12)18-4/h6-7,9-10,13,16H,5,8,15H2,1-4H3. The molecule has 2 unspecified atom stereocenters. The molecule has 0 aliphatic carbocycles. The molecule has 1 aromatic carbocycles. The topological polar surface area (TPSA) is 56.5 Å². The molecule has 18 heavy (non-hydrogen) atoms. The molecule has 0 aromatic heterocycles. The molecule has 0 fully saturated rings. The molecular formula is C14H24N2O2. The molecule has 1 rings (SSSR count). The van der Waals surface area contributed by atoms with Crippen LogP contribution < -0.4 is 20.7 Å². The molecule has 1 aromatic rings. The molecule has 3 N–H and O–H groups in total. The highest BCUT2D eigenvalue weighted by molar-refractivity contribution is 5.42. The molecule has 2 atom stereocenters. The number of rotatable bonds is 7. The van der Waals surface area contributed by atoms with E-state index in [1.54, 1.807) is 14.2 Å². The molecule has 0 saturated heterocycles. The molecule has 0 spiro atoms. The van der Waals surface area contributed by atoms with Gasteiger partial charge in [-0.25, -0.2) is 0 Å². The molecule has 0 saturated carbocycles. The predicted molar refractivity (Wildman–Crippen MR) is 73.7 cm³/mol. The summed E-state index contributed by atoms with van der Waals surface area (Å²) >= 11 is 0. The molecule has 0 bridgehead atoms. The zero-order valence-corrected chi connectivity index (χ0v) is 11.7. The summed E-state index contributed by atoms with van der Waals surface area (Å²) in [7, 11) is 3.31. The van der Waals surface area contributed by atoms with Crippen LogP contribution >= 0.6 is 0 Å². The Balaban J connectivity index is 2.97. The van der Waals surface area contributed by atoms with E-state index in [2.05, 4.69) is 19.3 Å². The number of methoxy groups -OCH3 is 2. The Kier molecular flexibility index (Phi) is 5.95. The summed E-state index contributed by atoms with van der Waals surface area (Å²) in [6.07, 6.45) is 2.12. The number of nitrogens with one attached hydrogen (secondary N) is 1. The maximum Gasteiger partial charge on any atom is 0.127 e. The Morgan fingerprint density at radius 2 is 2.00 bits per heavy atom. The van der Waals surface area contributed by atoms with Gasteiger partial charge in [0.1, 0.15) is 11.5 Å². The highest BCUT2D eigenvalue weighted by Crippen LogP contribution is 2.32. The summed E-state index contributed by atoms with van der Waals surface area (Å²) in [5, 5.41) is 0. The van der Waals surface area contributed by atoms with Crippen molar-refractivity contribution >= 4 is 0 Å². The number of ether oxygens (including phenoxy) is 2. The largest absolute Gasteiger partial charge is 0.497 e. The molecule has 0 amide bonds. The summed E-state index contributed by atoms with van der Waals surface area (Å²) in [5.74, 6) is 7.87. The van der Waals surface area contributed by atoms with Crippen LogP contribution in [-0.4, -0.2) is 14.2 Å². The zero-order chi connectivity index (χ0) is 13.5. The molecule has 0 aliphatic heterocycles.